The van der Waals surface area contributed by atoms with Gasteiger partial charge in [-0.2, -0.15) is 0 Å². The Kier molecular flexibility index (Phi) is 8.40. The van der Waals surface area contributed by atoms with Gasteiger partial charge in [0.1, 0.15) is 0 Å². The molecule has 0 aliphatic heterocycles. The first kappa shape index (κ1) is 38.7. The summed E-state index contributed by atoms with van der Waals surface area (Å²) in [4.78, 5) is 2.48. The summed E-state index contributed by atoms with van der Waals surface area (Å²) in [6, 6.07) is 88.4. The third kappa shape index (κ3) is 5.76. The Morgan fingerprint density at radius 3 is 1.31 bits per heavy atom. The number of anilines is 3. The molecule has 0 amide bonds. The summed E-state index contributed by atoms with van der Waals surface area (Å²) in [7, 11) is 0. The van der Waals surface area contributed by atoms with Crippen molar-refractivity contribution in [2.45, 2.75) is 19.3 Å². The number of rotatable bonds is 6. The van der Waals surface area contributed by atoms with Crippen LogP contribution in [0.4, 0.5) is 17.1 Å². The van der Waals surface area contributed by atoms with Crippen molar-refractivity contribution in [2.24, 2.45) is 0 Å². The molecule has 1 nitrogen and oxygen atoms in total. The predicted octanol–water partition coefficient (Wildman–Crippen LogP) is 18.8. The van der Waals surface area contributed by atoms with E-state index in [1.165, 1.54) is 120 Å². The summed E-state index contributed by atoms with van der Waals surface area (Å²) in [5.74, 6) is 0. The van der Waals surface area contributed by atoms with E-state index in [4.69, 9.17) is 0 Å². The summed E-state index contributed by atoms with van der Waals surface area (Å²) < 4.78 is 0. The molecule has 0 saturated heterocycles. The van der Waals surface area contributed by atoms with E-state index in [9.17, 15) is 0 Å². The number of benzene rings is 12. The summed E-state index contributed by atoms with van der Waals surface area (Å²) in [5, 5.41) is 15.3. The van der Waals surface area contributed by atoms with Crippen molar-refractivity contribution >= 4 is 81.7 Å². The Morgan fingerprint density at radius 2 is 0.706 bits per heavy atom. The normalized spacial score (nSPS) is 13.0. The number of hydrogen-bond acceptors (Lipinski definition) is 1. The Labute approximate surface area is 396 Å². The number of hydrogen-bond donors (Lipinski definition) is 0. The molecule has 0 spiro atoms. The molecule has 0 N–H and O–H groups in total. The van der Waals surface area contributed by atoms with E-state index in [0.29, 0.717) is 0 Å². The van der Waals surface area contributed by atoms with Gasteiger partial charge in [-0.3, -0.25) is 0 Å². The minimum Gasteiger partial charge on any atom is -0.310 e. The zero-order valence-electron chi connectivity index (χ0n) is 38.0. The van der Waals surface area contributed by atoms with Gasteiger partial charge in [0.2, 0.25) is 0 Å². The maximum Gasteiger partial charge on any atom is 0.0546 e. The van der Waals surface area contributed by atoms with Crippen LogP contribution < -0.4 is 4.90 Å². The van der Waals surface area contributed by atoms with Gasteiger partial charge in [0, 0.05) is 27.6 Å². The van der Waals surface area contributed by atoms with E-state index in [0.717, 1.165) is 17.1 Å². The quantitative estimate of drug-likeness (QED) is 0.151. The average Bonchev–Trinajstić information content (AvgIpc) is 3.63. The first-order chi connectivity index (χ1) is 33.5. The van der Waals surface area contributed by atoms with Gasteiger partial charge in [-0.25, -0.2) is 0 Å². The summed E-state index contributed by atoms with van der Waals surface area (Å²) in [6.45, 7) is 4.72. The first-order valence-electron chi connectivity index (χ1n) is 23.8. The molecule has 13 aromatic rings. The zero-order valence-corrected chi connectivity index (χ0v) is 38.0. The number of nitrogens with zero attached hydrogens (tertiary/aromatic N) is 1. The SMILES string of the molecule is CC1(C)c2ccccc2-c2ccc(-c3ccc(N(c4ccc(-c5ccc(-c6ccccc6)cc5)cc4)c4cc5cccc6c7cccc8ccc9cccc(c%10cccc4c%10c56)c9c87)cc3)cc21. The summed E-state index contributed by atoms with van der Waals surface area (Å²) in [6.07, 6.45) is 0. The second-order valence-corrected chi connectivity index (χ2v) is 19.2. The molecule has 0 heterocycles. The largest absolute Gasteiger partial charge is 0.310 e. The van der Waals surface area contributed by atoms with Gasteiger partial charge in [0.05, 0.1) is 5.69 Å². The molecule has 0 saturated carbocycles. The monoisotopic (exact) mass is 863 g/mol. The van der Waals surface area contributed by atoms with E-state index in [1.807, 2.05) is 0 Å². The van der Waals surface area contributed by atoms with Crippen molar-refractivity contribution in [1.82, 2.24) is 0 Å². The van der Waals surface area contributed by atoms with Crippen LogP contribution in [0.2, 0.25) is 0 Å². The molecule has 0 bridgehead atoms. The molecular formula is C67H45N. The molecule has 1 heteroatoms. The fourth-order valence-electron chi connectivity index (χ4n) is 11.9. The number of fused-ring (bicyclic) bond motifs is 5. The minimum absolute atomic E-state index is 0.0643. The molecular weight excluding hydrogens is 819 g/mol. The van der Waals surface area contributed by atoms with Gasteiger partial charge >= 0.3 is 0 Å². The highest BCUT2D eigenvalue weighted by Crippen LogP contribution is 2.51. The van der Waals surface area contributed by atoms with Gasteiger partial charge in [0.25, 0.3) is 0 Å². The van der Waals surface area contributed by atoms with Crippen LogP contribution in [0, 0.1) is 0 Å². The van der Waals surface area contributed by atoms with Gasteiger partial charge in [-0.1, -0.05) is 214 Å². The Hall–Kier alpha value is -8.52. The summed E-state index contributed by atoms with van der Waals surface area (Å²) >= 11 is 0. The van der Waals surface area contributed by atoms with Gasteiger partial charge in [-0.15, -0.1) is 0 Å². The zero-order chi connectivity index (χ0) is 45.1. The lowest BCUT2D eigenvalue weighted by atomic mass is 9.81. The minimum atomic E-state index is -0.0643. The van der Waals surface area contributed by atoms with E-state index in [2.05, 4.69) is 255 Å². The molecule has 318 valence electrons. The second-order valence-electron chi connectivity index (χ2n) is 19.2. The Morgan fingerprint density at radius 1 is 0.279 bits per heavy atom. The maximum atomic E-state index is 2.48. The molecule has 13 aromatic carbocycles. The van der Waals surface area contributed by atoms with Crippen molar-refractivity contribution in [3.63, 3.8) is 0 Å². The standard InChI is InChI=1S/C67H45N/c1-67(2)60-23-7-6-17-53(60)54-39-34-49(40-61(54)67)46-32-37-52(38-33-46)68(51-35-30-45(31-36-51)44-26-24-43(25-27-44)42-12-4-3-5-13-42)62-41-50-16-10-20-56-55-18-8-14-47-28-29-48-15-9-19-57(64(48)63(47)55)58-21-11-22-59(62)66(58)65(50)56/h3-41H,1-2H3. The van der Waals surface area contributed by atoms with Crippen molar-refractivity contribution in [3.8, 4) is 44.5 Å². The fourth-order valence-corrected chi connectivity index (χ4v) is 11.9. The van der Waals surface area contributed by atoms with Gasteiger partial charge < -0.3 is 4.90 Å². The fraction of sp³-hybridized carbons (Fsp3) is 0.0448. The van der Waals surface area contributed by atoms with Gasteiger partial charge in [0.15, 0.2) is 0 Å². The molecule has 1 aliphatic carbocycles. The molecule has 0 radical (unpaired) electrons. The van der Waals surface area contributed by atoms with E-state index >= 15 is 0 Å². The van der Waals surface area contributed by atoms with Crippen molar-refractivity contribution < 1.29 is 0 Å². The lowest BCUT2D eigenvalue weighted by Gasteiger charge is -2.28. The van der Waals surface area contributed by atoms with Crippen LogP contribution in [0.3, 0.4) is 0 Å². The van der Waals surface area contributed by atoms with Gasteiger partial charge in [-0.05, 0) is 146 Å². The average molecular weight is 864 g/mol. The summed E-state index contributed by atoms with van der Waals surface area (Å²) in [5.41, 5.74) is 16.0. The molecule has 0 aromatic heterocycles. The maximum absolute atomic E-state index is 2.48. The Bertz CT molecular complexity index is 4120. The third-order valence-corrected chi connectivity index (χ3v) is 15.2. The molecule has 1 aliphatic rings. The van der Waals surface area contributed by atoms with Crippen LogP contribution in [0.15, 0.2) is 237 Å². The lowest BCUT2D eigenvalue weighted by molar-refractivity contribution is 0.660. The Balaban J connectivity index is 0.973. The third-order valence-electron chi connectivity index (χ3n) is 15.2. The highest BCUT2D eigenvalue weighted by Gasteiger charge is 2.35. The van der Waals surface area contributed by atoms with Crippen LogP contribution in [0.25, 0.3) is 109 Å². The van der Waals surface area contributed by atoms with Crippen LogP contribution in [-0.2, 0) is 5.41 Å². The predicted molar refractivity (Wildman–Crippen MR) is 291 cm³/mol. The molecule has 0 fully saturated rings. The van der Waals surface area contributed by atoms with Crippen molar-refractivity contribution in [1.29, 1.82) is 0 Å². The van der Waals surface area contributed by atoms with Crippen LogP contribution in [0.5, 0.6) is 0 Å². The van der Waals surface area contributed by atoms with E-state index in [-0.39, 0.29) is 5.41 Å². The first-order valence-corrected chi connectivity index (χ1v) is 23.8. The highest BCUT2D eigenvalue weighted by atomic mass is 15.1. The van der Waals surface area contributed by atoms with Crippen LogP contribution >= 0.6 is 0 Å². The molecule has 68 heavy (non-hydrogen) atoms. The lowest BCUT2D eigenvalue weighted by Crippen LogP contribution is -2.14. The molecule has 14 rings (SSSR count). The van der Waals surface area contributed by atoms with Crippen LogP contribution in [-0.4, -0.2) is 0 Å². The second kappa shape index (κ2) is 14.7. The van der Waals surface area contributed by atoms with Crippen LogP contribution in [0.1, 0.15) is 25.0 Å². The molecule has 0 atom stereocenters. The van der Waals surface area contributed by atoms with Crippen molar-refractivity contribution in [3.05, 3.63) is 248 Å². The highest BCUT2D eigenvalue weighted by molar-refractivity contribution is 6.38. The topological polar surface area (TPSA) is 3.24 Å². The van der Waals surface area contributed by atoms with Crippen molar-refractivity contribution in [2.75, 3.05) is 4.90 Å². The van der Waals surface area contributed by atoms with E-state index in [1.54, 1.807) is 0 Å². The van der Waals surface area contributed by atoms with E-state index < -0.39 is 0 Å². The molecule has 0 unspecified atom stereocenters. The smallest absolute Gasteiger partial charge is 0.0546 e.